The summed E-state index contributed by atoms with van der Waals surface area (Å²) < 4.78 is 0. The van der Waals surface area contributed by atoms with E-state index in [0.717, 1.165) is 22.3 Å². The summed E-state index contributed by atoms with van der Waals surface area (Å²) in [7, 11) is 0. The van der Waals surface area contributed by atoms with Gasteiger partial charge in [0.2, 0.25) is 0 Å². The van der Waals surface area contributed by atoms with Crippen LogP contribution in [0, 0.1) is 0 Å². The lowest BCUT2D eigenvalue weighted by molar-refractivity contribution is 0.474. The first-order valence-corrected chi connectivity index (χ1v) is 11.6. The molecule has 0 amide bonds. The molecular formula is C32H24N2O2. The molecule has 0 heterocycles. The highest BCUT2D eigenvalue weighted by Gasteiger charge is 2.06. The van der Waals surface area contributed by atoms with Crippen LogP contribution >= 0.6 is 0 Å². The fourth-order valence-corrected chi connectivity index (χ4v) is 3.90. The van der Waals surface area contributed by atoms with Gasteiger partial charge in [0.15, 0.2) is 0 Å². The number of phenols is 2. The lowest BCUT2D eigenvalue weighted by Gasteiger charge is -2.06. The van der Waals surface area contributed by atoms with Crippen LogP contribution in [-0.4, -0.2) is 22.6 Å². The number of rotatable bonds is 6. The van der Waals surface area contributed by atoms with Crippen molar-refractivity contribution < 1.29 is 10.2 Å². The third kappa shape index (κ3) is 5.24. The predicted octanol–water partition coefficient (Wildman–Crippen LogP) is 7.93. The molecule has 0 fully saturated rings. The third-order valence-corrected chi connectivity index (χ3v) is 5.84. The van der Waals surface area contributed by atoms with Crippen molar-refractivity contribution >= 4 is 23.8 Å². The van der Waals surface area contributed by atoms with Crippen LogP contribution in [0.3, 0.4) is 0 Å². The molecule has 0 bridgehead atoms. The minimum atomic E-state index is 0.155. The van der Waals surface area contributed by atoms with Gasteiger partial charge in [-0.25, -0.2) is 0 Å². The van der Waals surface area contributed by atoms with E-state index in [2.05, 4.69) is 9.98 Å². The molecule has 0 aliphatic heterocycles. The van der Waals surface area contributed by atoms with Crippen LogP contribution in [0.15, 0.2) is 131 Å². The minimum absolute atomic E-state index is 0.155. The zero-order valence-corrected chi connectivity index (χ0v) is 19.5. The molecule has 0 aromatic heterocycles. The van der Waals surface area contributed by atoms with E-state index in [9.17, 15) is 10.2 Å². The van der Waals surface area contributed by atoms with E-state index in [0.29, 0.717) is 22.5 Å². The highest BCUT2D eigenvalue weighted by Crippen LogP contribution is 2.30. The molecule has 0 unspecified atom stereocenters. The highest BCUT2D eigenvalue weighted by molar-refractivity contribution is 5.91. The van der Waals surface area contributed by atoms with Crippen LogP contribution in [0.1, 0.15) is 11.1 Å². The van der Waals surface area contributed by atoms with Gasteiger partial charge in [0, 0.05) is 23.6 Å². The van der Waals surface area contributed by atoms with Gasteiger partial charge in [0.05, 0.1) is 11.4 Å². The van der Waals surface area contributed by atoms with Gasteiger partial charge in [-0.05, 0) is 58.7 Å². The zero-order valence-electron chi connectivity index (χ0n) is 19.5. The average molecular weight is 469 g/mol. The quantitative estimate of drug-likeness (QED) is 0.249. The van der Waals surface area contributed by atoms with Gasteiger partial charge >= 0.3 is 0 Å². The van der Waals surface area contributed by atoms with Crippen molar-refractivity contribution in [2.24, 2.45) is 9.98 Å². The maximum Gasteiger partial charge on any atom is 0.124 e. The molecular weight excluding hydrogens is 444 g/mol. The Labute approximate surface area is 210 Å². The Morgan fingerprint density at radius 1 is 0.417 bits per heavy atom. The van der Waals surface area contributed by atoms with Gasteiger partial charge in [-0.1, -0.05) is 84.9 Å². The average Bonchev–Trinajstić information content (AvgIpc) is 2.93. The third-order valence-electron chi connectivity index (χ3n) is 5.84. The normalized spacial score (nSPS) is 11.3. The predicted molar refractivity (Wildman–Crippen MR) is 148 cm³/mol. The van der Waals surface area contributed by atoms with E-state index in [1.807, 2.05) is 109 Å². The van der Waals surface area contributed by atoms with Crippen LogP contribution in [-0.2, 0) is 0 Å². The van der Waals surface area contributed by atoms with Crippen molar-refractivity contribution in [2.45, 2.75) is 0 Å². The maximum atomic E-state index is 10.4. The zero-order chi connectivity index (χ0) is 24.7. The number of aliphatic imine (C=N–C) groups is 2. The number of nitrogens with zero attached hydrogens (tertiary/aromatic N) is 2. The lowest BCUT2D eigenvalue weighted by Crippen LogP contribution is -1.86. The first kappa shape index (κ1) is 22.8. The Bertz CT molecular complexity index is 1420. The molecule has 0 saturated heterocycles. The summed E-state index contributed by atoms with van der Waals surface area (Å²) in [4.78, 5) is 9.22. The van der Waals surface area contributed by atoms with Gasteiger partial charge in [0.25, 0.3) is 0 Å². The lowest BCUT2D eigenvalue weighted by atomic mass is 10.0. The fourth-order valence-electron chi connectivity index (χ4n) is 3.90. The van der Waals surface area contributed by atoms with Gasteiger partial charge in [-0.15, -0.1) is 0 Å². The number of aromatic hydroxyl groups is 2. The number of benzene rings is 5. The molecule has 0 spiro atoms. The summed E-state index contributed by atoms with van der Waals surface area (Å²) in [5.41, 5.74) is 6.65. The van der Waals surface area contributed by atoms with E-state index in [-0.39, 0.29) is 11.5 Å². The van der Waals surface area contributed by atoms with Crippen LogP contribution < -0.4 is 0 Å². The van der Waals surface area contributed by atoms with Crippen molar-refractivity contribution in [3.05, 3.63) is 132 Å². The Kier molecular flexibility index (Phi) is 6.68. The van der Waals surface area contributed by atoms with Crippen molar-refractivity contribution in [3.8, 4) is 33.8 Å². The second kappa shape index (κ2) is 10.5. The molecule has 0 aliphatic carbocycles. The summed E-state index contributed by atoms with van der Waals surface area (Å²) in [6.07, 6.45) is 3.28. The molecule has 5 rings (SSSR count). The first-order valence-electron chi connectivity index (χ1n) is 11.6. The van der Waals surface area contributed by atoms with Crippen LogP contribution in [0.4, 0.5) is 11.4 Å². The standard InChI is InChI=1S/C32H24N2O2/c35-31-17-15-25(23-9-3-1-4-10-23)19-27(31)21-33-29-13-7-8-14-30(29)34-22-28-20-26(16-18-32(28)36)24-11-5-2-6-12-24/h1-22,35-36H. The largest absolute Gasteiger partial charge is 0.507 e. The van der Waals surface area contributed by atoms with E-state index in [4.69, 9.17) is 0 Å². The van der Waals surface area contributed by atoms with E-state index in [1.165, 1.54) is 0 Å². The second-order valence-electron chi connectivity index (χ2n) is 8.28. The number of hydrogen-bond acceptors (Lipinski definition) is 4. The topological polar surface area (TPSA) is 65.2 Å². The fraction of sp³-hybridized carbons (Fsp3) is 0. The molecule has 36 heavy (non-hydrogen) atoms. The van der Waals surface area contributed by atoms with Gasteiger partial charge in [-0.2, -0.15) is 0 Å². The Morgan fingerprint density at radius 3 is 1.22 bits per heavy atom. The van der Waals surface area contributed by atoms with Crippen LogP contribution in [0.5, 0.6) is 11.5 Å². The summed E-state index contributed by atoms with van der Waals surface area (Å²) in [6, 6.07) is 38.4. The summed E-state index contributed by atoms with van der Waals surface area (Å²) in [6.45, 7) is 0. The molecule has 0 atom stereocenters. The molecule has 2 N–H and O–H groups in total. The first-order chi connectivity index (χ1) is 17.7. The van der Waals surface area contributed by atoms with Crippen LogP contribution in [0.2, 0.25) is 0 Å². The molecule has 0 aliphatic rings. The summed E-state index contributed by atoms with van der Waals surface area (Å²) in [5, 5.41) is 20.8. The van der Waals surface area contributed by atoms with Gasteiger partial charge in [0.1, 0.15) is 11.5 Å². The Balaban J connectivity index is 1.43. The SMILES string of the molecule is Oc1ccc(-c2ccccc2)cc1C=Nc1ccccc1N=Cc1cc(-c2ccccc2)ccc1O. The highest BCUT2D eigenvalue weighted by atomic mass is 16.3. The molecule has 0 saturated carbocycles. The number of hydrogen-bond donors (Lipinski definition) is 2. The minimum Gasteiger partial charge on any atom is -0.507 e. The molecule has 4 nitrogen and oxygen atoms in total. The van der Waals surface area contributed by atoms with Crippen molar-refractivity contribution in [3.63, 3.8) is 0 Å². The molecule has 5 aromatic rings. The van der Waals surface area contributed by atoms with Gasteiger partial charge < -0.3 is 10.2 Å². The van der Waals surface area contributed by atoms with E-state index >= 15 is 0 Å². The maximum absolute atomic E-state index is 10.4. The van der Waals surface area contributed by atoms with Crippen molar-refractivity contribution in [1.29, 1.82) is 0 Å². The smallest absolute Gasteiger partial charge is 0.124 e. The summed E-state index contributed by atoms with van der Waals surface area (Å²) in [5.74, 6) is 0.309. The molecule has 174 valence electrons. The van der Waals surface area contributed by atoms with Crippen LogP contribution in [0.25, 0.3) is 22.3 Å². The Hall–Kier alpha value is -4.96. The molecule has 5 aromatic carbocycles. The number of phenolic OH excluding ortho intramolecular Hbond substituents is 2. The molecule has 0 radical (unpaired) electrons. The van der Waals surface area contributed by atoms with Crippen molar-refractivity contribution in [2.75, 3.05) is 0 Å². The second-order valence-corrected chi connectivity index (χ2v) is 8.28. The molecule has 4 heteroatoms. The monoisotopic (exact) mass is 468 g/mol. The van der Waals surface area contributed by atoms with E-state index in [1.54, 1.807) is 24.6 Å². The number of para-hydroxylation sites is 2. The van der Waals surface area contributed by atoms with E-state index < -0.39 is 0 Å². The Morgan fingerprint density at radius 2 is 0.806 bits per heavy atom. The van der Waals surface area contributed by atoms with Gasteiger partial charge in [-0.3, -0.25) is 9.98 Å². The summed E-state index contributed by atoms with van der Waals surface area (Å²) >= 11 is 0. The van der Waals surface area contributed by atoms with Crippen molar-refractivity contribution in [1.82, 2.24) is 0 Å².